The quantitative estimate of drug-likeness (QED) is 0.153. The second-order valence-corrected chi connectivity index (χ2v) is 8.70. The van der Waals surface area contributed by atoms with Crippen molar-refractivity contribution in [3.8, 4) is 0 Å². The number of carbonyl (C=O) groups is 3. The van der Waals surface area contributed by atoms with Gasteiger partial charge in [-0.25, -0.2) is 14.8 Å². The molecule has 0 bridgehead atoms. The Morgan fingerprint density at radius 3 is 2.89 bits per heavy atom. The number of oxime groups is 1. The summed E-state index contributed by atoms with van der Waals surface area (Å²) in [7, 11) is 0. The van der Waals surface area contributed by atoms with Crippen molar-refractivity contribution in [2.24, 2.45) is 5.16 Å². The number of aliphatic carboxylic acids is 1. The number of nitrogens with two attached hydrogens (primary N) is 2. The molecule has 4 rings (SSSR count). The van der Waals surface area contributed by atoms with Crippen molar-refractivity contribution in [2.75, 3.05) is 23.8 Å². The second kappa shape index (κ2) is 9.97. The molecule has 1 unspecified atom stereocenters. The van der Waals surface area contributed by atoms with Gasteiger partial charge in [0.25, 0.3) is 11.8 Å². The molecular weight excluding hydrogens is 476 g/mol. The van der Waals surface area contributed by atoms with Crippen molar-refractivity contribution < 1.29 is 28.9 Å². The van der Waals surface area contributed by atoms with Crippen LogP contribution in [-0.2, 0) is 25.8 Å². The van der Waals surface area contributed by atoms with Gasteiger partial charge in [0.1, 0.15) is 29.5 Å². The lowest BCUT2D eigenvalue weighted by Crippen LogP contribution is -2.71. The average molecular weight is 500 g/mol. The van der Waals surface area contributed by atoms with Gasteiger partial charge in [-0.2, -0.15) is 4.57 Å². The van der Waals surface area contributed by atoms with Crippen LogP contribution in [-0.4, -0.2) is 67.2 Å². The molecule has 182 valence electrons. The van der Waals surface area contributed by atoms with Gasteiger partial charge >= 0.3 is 5.97 Å². The van der Waals surface area contributed by atoms with Crippen LogP contribution in [0.5, 0.6) is 0 Å². The highest BCUT2D eigenvalue weighted by atomic mass is 32.2. The van der Waals surface area contributed by atoms with Gasteiger partial charge in [-0.1, -0.05) is 5.16 Å². The fourth-order valence-corrected chi connectivity index (χ4v) is 5.01. The lowest BCUT2D eigenvalue weighted by Gasteiger charge is -2.49. The number of β-lactam (4-membered cyclic amide) rings is 1. The number of hydrogen-bond donors (Lipinski definition) is 4. The van der Waals surface area contributed by atoms with E-state index in [2.05, 4.69) is 20.4 Å². The molecule has 2 aliphatic rings. The fourth-order valence-electron chi connectivity index (χ4n) is 3.68. The van der Waals surface area contributed by atoms with E-state index in [-0.39, 0.29) is 36.2 Å². The molecular formula is C21H23N8O5S+. The van der Waals surface area contributed by atoms with Crippen LogP contribution in [0, 0.1) is 0 Å². The van der Waals surface area contributed by atoms with Crippen LogP contribution in [0.4, 0.5) is 11.5 Å². The summed E-state index contributed by atoms with van der Waals surface area (Å²) in [5.41, 5.74) is 12.2. The molecule has 2 amide bonds. The maximum atomic E-state index is 13.0. The third-order valence-corrected chi connectivity index (χ3v) is 6.52. The number of carboxylic acids is 1. The zero-order valence-corrected chi connectivity index (χ0v) is 19.4. The Morgan fingerprint density at radius 2 is 2.20 bits per heavy atom. The molecule has 6 N–H and O–H groups in total. The first-order chi connectivity index (χ1) is 16.8. The summed E-state index contributed by atoms with van der Waals surface area (Å²) < 4.78 is 1.75. The van der Waals surface area contributed by atoms with Crippen LogP contribution in [0.15, 0.2) is 53.2 Å². The van der Waals surface area contributed by atoms with Gasteiger partial charge in [0.15, 0.2) is 24.8 Å². The van der Waals surface area contributed by atoms with E-state index in [1.165, 1.54) is 28.9 Å². The number of nitrogens with one attached hydrogen (secondary N) is 1. The molecule has 0 aliphatic carbocycles. The molecule has 0 radical (unpaired) electrons. The van der Waals surface area contributed by atoms with Crippen LogP contribution in [0.3, 0.4) is 0 Å². The summed E-state index contributed by atoms with van der Waals surface area (Å²) in [6, 6.07) is 3.96. The number of aromatic nitrogens is 3. The number of thioether (sulfide) groups is 1. The summed E-state index contributed by atoms with van der Waals surface area (Å²) in [4.78, 5) is 52.2. The van der Waals surface area contributed by atoms with Crippen LogP contribution in [0.2, 0.25) is 0 Å². The standard InChI is InChI=1S/C21H22N8O5S/c1-2-34-27-14(17-24-6-5-13(23)25-17)18(30)26-15-19(31)29-16(21(32)33)11(10-35-20(15)29)8-28-7-3-4-12(22)9-28/h3-7,9,15,20H,2,8,10,22H2,1H3,(H3-,23,24,25,26,30,32,33)/p+1/b27-14-/t15?,20-/m1/s1. The first-order valence-electron chi connectivity index (χ1n) is 10.5. The second-order valence-electron chi connectivity index (χ2n) is 7.59. The van der Waals surface area contributed by atoms with Crippen LogP contribution < -0.4 is 21.4 Å². The first-order valence-corrected chi connectivity index (χ1v) is 11.6. The van der Waals surface area contributed by atoms with E-state index in [0.29, 0.717) is 17.0 Å². The summed E-state index contributed by atoms with van der Waals surface area (Å²) in [6.45, 7) is 2.13. The Hall–Kier alpha value is -4.20. The normalized spacial score (nSPS) is 19.6. The van der Waals surface area contributed by atoms with Crippen molar-refractivity contribution in [1.29, 1.82) is 0 Å². The minimum absolute atomic E-state index is 0.0663. The summed E-state index contributed by atoms with van der Waals surface area (Å²) in [5.74, 6) is -2.11. The van der Waals surface area contributed by atoms with E-state index in [1.54, 1.807) is 36.0 Å². The summed E-state index contributed by atoms with van der Waals surface area (Å²) in [5, 5.41) is 15.7. The van der Waals surface area contributed by atoms with E-state index < -0.39 is 29.2 Å². The number of rotatable bonds is 8. The number of carbonyl (C=O) groups excluding carboxylic acids is 2. The number of anilines is 2. The van der Waals surface area contributed by atoms with Gasteiger partial charge in [0.2, 0.25) is 5.71 Å². The number of pyridine rings is 1. The smallest absolute Gasteiger partial charge is 0.352 e. The van der Waals surface area contributed by atoms with Crippen molar-refractivity contribution in [2.45, 2.75) is 24.9 Å². The van der Waals surface area contributed by atoms with Crippen molar-refractivity contribution in [1.82, 2.24) is 20.2 Å². The highest BCUT2D eigenvalue weighted by molar-refractivity contribution is 8.00. The Kier molecular flexibility index (Phi) is 6.82. The molecule has 2 aromatic rings. The number of hydrogen-bond acceptors (Lipinski definition) is 10. The van der Waals surface area contributed by atoms with Crippen LogP contribution >= 0.6 is 11.8 Å². The molecule has 1 saturated heterocycles. The lowest BCUT2D eigenvalue weighted by molar-refractivity contribution is -0.688. The molecule has 35 heavy (non-hydrogen) atoms. The van der Waals surface area contributed by atoms with Gasteiger partial charge in [-0.15, -0.1) is 11.8 Å². The Morgan fingerprint density at radius 1 is 1.40 bits per heavy atom. The molecule has 2 aromatic heterocycles. The largest absolute Gasteiger partial charge is 0.477 e. The lowest BCUT2D eigenvalue weighted by atomic mass is 10.0. The maximum absolute atomic E-state index is 13.0. The van der Waals surface area contributed by atoms with E-state index in [0.717, 1.165) is 0 Å². The molecule has 0 saturated carbocycles. The van der Waals surface area contributed by atoms with Crippen molar-refractivity contribution in [3.05, 3.63) is 53.9 Å². The Labute approximate surface area is 203 Å². The van der Waals surface area contributed by atoms with Gasteiger partial charge in [-0.3, -0.25) is 14.5 Å². The Bertz CT molecular complexity index is 1250. The number of fused-ring (bicyclic) bond motifs is 1. The molecule has 2 aliphatic heterocycles. The van der Waals surface area contributed by atoms with E-state index in [4.69, 9.17) is 16.3 Å². The highest BCUT2D eigenvalue weighted by Crippen LogP contribution is 2.40. The van der Waals surface area contributed by atoms with Gasteiger partial charge < -0.3 is 26.7 Å². The molecule has 1 fully saturated rings. The third kappa shape index (κ3) is 4.87. The maximum Gasteiger partial charge on any atom is 0.352 e. The molecule has 13 nitrogen and oxygen atoms in total. The third-order valence-electron chi connectivity index (χ3n) is 5.18. The van der Waals surface area contributed by atoms with Gasteiger partial charge in [0.05, 0.1) is 5.69 Å². The molecule has 14 heteroatoms. The first kappa shape index (κ1) is 23.9. The monoisotopic (exact) mass is 499 g/mol. The summed E-state index contributed by atoms with van der Waals surface area (Å²) >= 11 is 1.35. The molecule has 0 aromatic carbocycles. The number of nitrogen functional groups attached to an aromatic ring is 2. The van der Waals surface area contributed by atoms with Crippen LogP contribution in [0.25, 0.3) is 0 Å². The number of amides is 2. The topological polar surface area (TPSA) is 190 Å². The van der Waals surface area contributed by atoms with E-state index in [1.807, 2.05) is 0 Å². The van der Waals surface area contributed by atoms with Gasteiger partial charge in [0, 0.05) is 23.6 Å². The predicted molar refractivity (Wildman–Crippen MR) is 125 cm³/mol. The van der Waals surface area contributed by atoms with Crippen molar-refractivity contribution in [3.63, 3.8) is 0 Å². The molecule has 0 spiro atoms. The average Bonchev–Trinajstić information content (AvgIpc) is 2.82. The van der Waals surface area contributed by atoms with Crippen LogP contribution in [0.1, 0.15) is 12.7 Å². The minimum atomic E-state index is -1.22. The van der Waals surface area contributed by atoms with Gasteiger partial charge in [-0.05, 0) is 19.1 Å². The summed E-state index contributed by atoms with van der Waals surface area (Å²) in [6.07, 6.45) is 4.81. The molecule has 2 atom stereocenters. The number of carboxylic acid groups (broad SMARTS) is 1. The van der Waals surface area contributed by atoms with E-state index in [9.17, 15) is 19.5 Å². The fraction of sp³-hybridized carbons (Fsp3) is 0.286. The SMILES string of the molecule is CCO/N=C(\C(=O)NC1C(=O)N2C(C(=O)O)=C(C[n+]3cccc(N)c3)CS[C@H]12)c1nccc(N)n1. The van der Waals surface area contributed by atoms with Crippen molar-refractivity contribution >= 4 is 46.8 Å². The Balaban J connectivity index is 1.54. The minimum Gasteiger partial charge on any atom is -0.477 e. The highest BCUT2D eigenvalue weighted by Gasteiger charge is 2.54. The molecule has 4 heterocycles. The van der Waals surface area contributed by atoms with E-state index >= 15 is 0 Å². The predicted octanol–water partition coefficient (Wildman–Crippen LogP) is -0.892. The zero-order chi connectivity index (χ0) is 25.1. The number of nitrogens with zero attached hydrogens (tertiary/aromatic N) is 5. The zero-order valence-electron chi connectivity index (χ0n) is 18.6.